The zero-order chi connectivity index (χ0) is 16.2. The summed E-state index contributed by atoms with van der Waals surface area (Å²) in [5, 5.41) is 2.95. The van der Waals surface area contributed by atoms with E-state index in [0.29, 0.717) is 25.6 Å². The maximum atomic E-state index is 12.4. The zero-order valence-corrected chi connectivity index (χ0v) is 13.6. The van der Waals surface area contributed by atoms with Gasteiger partial charge in [0.1, 0.15) is 5.75 Å². The number of benzene rings is 1. The van der Waals surface area contributed by atoms with Crippen LogP contribution in [-0.4, -0.2) is 36.4 Å². The molecule has 1 atom stereocenters. The first kappa shape index (κ1) is 15.8. The van der Waals surface area contributed by atoms with Gasteiger partial charge in [0, 0.05) is 31.1 Å². The summed E-state index contributed by atoms with van der Waals surface area (Å²) in [6.07, 6.45) is 4.90. The van der Waals surface area contributed by atoms with Crippen LogP contribution in [0.25, 0.3) is 0 Å². The third kappa shape index (κ3) is 3.49. The van der Waals surface area contributed by atoms with Crippen LogP contribution in [0.4, 0.5) is 0 Å². The molecule has 0 bridgehead atoms. The van der Waals surface area contributed by atoms with E-state index >= 15 is 0 Å². The van der Waals surface area contributed by atoms with Gasteiger partial charge in [-0.15, -0.1) is 0 Å². The molecule has 124 valence electrons. The Bertz CT molecular complexity index is 581. The Labute approximate surface area is 137 Å². The molecule has 1 saturated carbocycles. The SMILES string of the molecule is COc1ccccc1CNC(=O)[C@H]1CC(=O)N(C2CCCC2)C1. The molecule has 0 spiro atoms. The first-order valence-corrected chi connectivity index (χ1v) is 8.38. The summed E-state index contributed by atoms with van der Waals surface area (Å²) in [6, 6.07) is 7.99. The smallest absolute Gasteiger partial charge is 0.225 e. The molecule has 1 N–H and O–H groups in total. The molecule has 1 saturated heterocycles. The maximum Gasteiger partial charge on any atom is 0.225 e. The number of hydrogen-bond donors (Lipinski definition) is 1. The summed E-state index contributed by atoms with van der Waals surface area (Å²) in [4.78, 5) is 26.5. The van der Waals surface area contributed by atoms with Crippen molar-refractivity contribution < 1.29 is 14.3 Å². The number of nitrogens with one attached hydrogen (secondary N) is 1. The lowest BCUT2D eigenvalue weighted by molar-refractivity contribution is -0.130. The summed E-state index contributed by atoms with van der Waals surface area (Å²) in [6.45, 7) is 0.998. The molecule has 0 unspecified atom stereocenters. The van der Waals surface area contributed by atoms with Crippen molar-refractivity contribution in [1.82, 2.24) is 10.2 Å². The molecule has 5 nitrogen and oxygen atoms in total. The second kappa shape index (κ2) is 7.02. The summed E-state index contributed by atoms with van der Waals surface area (Å²) < 4.78 is 5.29. The molecule has 2 aliphatic rings. The first-order valence-electron chi connectivity index (χ1n) is 8.38. The van der Waals surface area contributed by atoms with Gasteiger partial charge in [-0.2, -0.15) is 0 Å². The average molecular weight is 316 g/mol. The summed E-state index contributed by atoms with van der Waals surface area (Å²) >= 11 is 0. The van der Waals surface area contributed by atoms with Gasteiger partial charge in [-0.05, 0) is 18.9 Å². The number of ether oxygens (including phenoxy) is 1. The van der Waals surface area contributed by atoms with E-state index in [2.05, 4.69) is 5.32 Å². The highest BCUT2D eigenvalue weighted by Gasteiger charge is 2.38. The van der Waals surface area contributed by atoms with Crippen LogP contribution in [0.1, 0.15) is 37.7 Å². The van der Waals surface area contributed by atoms with Crippen LogP contribution in [0.5, 0.6) is 5.75 Å². The van der Waals surface area contributed by atoms with Crippen LogP contribution in [0.15, 0.2) is 24.3 Å². The van der Waals surface area contributed by atoms with E-state index in [9.17, 15) is 9.59 Å². The van der Waals surface area contributed by atoms with Crippen molar-refractivity contribution >= 4 is 11.8 Å². The summed E-state index contributed by atoms with van der Waals surface area (Å²) in [5.74, 6) is 0.639. The predicted molar refractivity (Wildman–Crippen MR) is 86.9 cm³/mol. The number of rotatable bonds is 5. The Morgan fingerprint density at radius 3 is 2.78 bits per heavy atom. The van der Waals surface area contributed by atoms with Crippen molar-refractivity contribution in [2.45, 2.75) is 44.7 Å². The number of nitrogens with zero attached hydrogens (tertiary/aromatic N) is 1. The van der Waals surface area contributed by atoms with Crippen molar-refractivity contribution in [2.24, 2.45) is 5.92 Å². The lowest BCUT2D eigenvalue weighted by Gasteiger charge is -2.23. The van der Waals surface area contributed by atoms with Crippen LogP contribution in [0.2, 0.25) is 0 Å². The number of carbonyl (C=O) groups excluding carboxylic acids is 2. The van der Waals surface area contributed by atoms with Gasteiger partial charge in [0.15, 0.2) is 0 Å². The van der Waals surface area contributed by atoms with Crippen molar-refractivity contribution in [3.05, 3.63) is 29.8 Å². The van der Waals surface area contributed by atoms with Gasteiger partial charge < -0.3 is 15.0 Å². The number of likely N-dealkylation sites (tertiary alicyclic amines) is 1. The van der Waals surface area contributed by atoms with Crippen LogP contribution in [0, 0.1) is 5.92 Å². The van der Waals surface area contributed by atoms with Gasteiger partial charge >= 0.3 is 0 Å². The first-order chi connectivity index (χ1) is 11.2. The van der Waals surface area contributed by atoms with Gasteiger partial charge in [-0.3, -0.25) is 9.59 Å². The highest BCUT2D eigenvalue weighted by atomic mass is 16.5. The van der Waals surface area contributed by atoms with Crippen LogP contribution in [-0.2, 0) is 16.1 Å². The molecule has 0 radical (unpaired) electrons. The van der Waals surface area contributed by atoms with Gasteiger partial charge in [0.2, 0.25) is 11.8 Å². The third-order valence-corrected chi connectivity index (χ3v) is 4.94. The second-order valence-corrected chi connectivity index (χ2v) is 6.42. The second-order valence-electron chi connectivity index (χ2n) is 6.42. The highest BCUT2D eigenvalue weighted by Crippen LogP contribution is 2.29. The Hall–Kier alpha value is -2.04. The number of carbonyl (C=O) groups is 2. The minimum atomic E-state index is -0.224. The van der Waals surface area contributed by atoms with E-state index < -0.39 is 0 Å². The van der Waals surface area contributed by atoms with E-state index in [1.165, 1.54) is 12.8 Å². The Kier molecular flexibility index (Phi) is 4.84. The van der Waals surface area contributed by atoms with E-state index in [1.807, 2.05) is 29.2 Å². The van der Waals surface area contributed by atoms with E-state index in [1.54, 1.807) is 7.11 Å². The van der Waals surface area contributed by atoms with Crippen molar-refractivity contribution in [3.63, 3.8) is 0 Å². The fourth-order valence-corrected chi connectivity index (χ4v) is 3.65. The highest BCUT2D eigenvalue weighted by molar-refractivity contribution is 5.89. The molecule has 0 aromatic heterocycles. The molecule has 1 aromatic rings. The standard InChI is InChI=1S/C18H24N2O3/c1-23-16-9-5-2-6-13(16)11-19-18(22)14-10-17(21)20(12-14)15-7-3-4-8-15/h2,5-6,9,14-15H,3-4,7-8,10-12H2,1H3,(H,19,22)/t14-/m0/s1. The molecule has 1 aliphatic heterocycles. The molecule has 1 aliphatic carbocycles. The van der Waals surface area contributed by atoms with E-state index in [0.717, 1.165) is 24.2 Å². The van der Waals surface area contributed by atoms with Gasteiger partial charge in [0.05, 0.1) is 13.0 Å². The number of hydrogen-bond acceptors (Lipinski definition) is 3. The lowest BCUT2D eigenvalue weighted by Crippen LogP contribution is -2.36. The third-order valence-electron chi connectivity index (χ3n) is 4.94. The number of methoxy groups -OCH3 is 1. The largest absolute Gasteiger partial charge is 0.496 e. The minimum Gasteiger partial charge on any atom is -0.496 e. The lowest BCUT2D eigenvalue weighted by atomic mass is 10.1. The van der Waals surface area contributed by atoms with Crippen molar-refractivity contribution in [3.8, 4) is 5.75 Å². The van der Waals surface area contributed by atoms with E-state index in [4.69, 9.17) is 4.74 Å². The zero-order valence-electron chi connectivity index (χ0n) is 13.6. The van der Waals surface area contributed by atoms with Crippen LogP contribution in [0.3, 0.4) is 0 Å². The Balaban J connectivity index is 1.55. The van der Waals surface area contributed by atoms with Gasteiger partial charge in [-0.1, -0.05) is 31.0 Å². The van der Waals surface area contributed by atoms with Crippen LogP contribution < -0.4 is 10.1 Å². The van der Waals surface area contributed by atoms with Crippen LogP contribution >= 0.6 is 0 Å². The molecule has 3 rings (SSSR count). The fourth-order valence-electron chi connectivity index (χ4n) is 3.65. The maximum absolute atomic E-state index is 12.4. The predicted octanol–water partition coefficient (Wildman–Crippen LogP) is 2.10. The topological polar surface area (TPSA) is 58.6 Å². The molecule has 1 heterocycles. The van der Waals surface area contributed by atoms with E-state index in [-0.39, 0.29) is 17.7 Å². The summed E-state index contributed by atoms with van der Waals surface area (Å²) in [5.41, 5.74) is 0.945. The molecular formula is C18H24N2O3. The molecule has 1 aromatic carbocycles. The quantitative estimate of drug-likeness (QED) is 0.905. The van der Waals surface area contributed by atoms with Gasteiger partial charge in [-0.25, -0.2) is 0 Å². The number of amides is 2. The molecule has 5 heteroatoms. The summed E-state index contributed by atoms with van der Waals surface area (Å²) in [7, 11) is 1.62. The molecule has 23 heavy (non-hydrogen) atoms. The van der Waals surface area contributed by atoms with Crippen molar-refractivity contribution in [1.29, 1.82) is 0 Å². The Morgan fingerprint density at radius 2 is 2.04 bits per heavy atom. The monoisotopic (exact) mass is 316 g/mol. The Morgan fingerprint density at radius 1 is 1.30 bits per heavy atom. The average Bonchev–Trinajstić information content (AvgIpc) is 3.22. The molecule has 2 fully saturated rings. The molecule has 2 amide bonds. The normalized spacial score (nSPS) is 21.7. The molecular weight excluding hydrogens is 292 g/mol. The minimum absolute atomic E-state index is 0.0373. The fraction of sp³-hybridized carbons (Fsp3) is 0.556. The number of para-hydroxylation sites is 1. The van der Waals surface area contributed by atoms with Gasteiger partial charge in [0.25, 0.3) is 0 Å². The van der Waals surface area contributed by atoms with Crippen molar-refractivity contribution in [2.75, 3.05) is 13.7 Å².